The molecule has 0 spiro atoms. The van der Waals surface area contributed by atoms with E-state index in [1.807, 2.05) is 5.37 Å². The fourth-order valence-corrected chi connectivity index (χ4v) is 2.99. The third-order valence-electron chi connectivity index (χ3n) is 4.32. The SMILES string of the molecule is CCN(CCN1CCN(C)CC1)C(C=S)CCOCCOC. The number of rotatable bonds is 12. The summed E-state index contributed by atoms with van der Waals surface area (Å²) in [6, 6.07) is 0.329. The van der Waals surface area contributed by atoms with Crippen molar-refractivity contribution in [2.75, 3.05) is 79.8 Å². The Kier molecular flexibility index (Phi) is 11.2. The fourth-order valence-electron chi connectivity index (χ4n) is 2.68. The molecule has 0 N–H and O–H groups in total. The lowest BCUT2D eigenvalue weighted by Crippen LogP contribution is -2.48. The minimum absolute atomic E-state index is 0.329. The molecule has 5 nitrogen and oxygen atoms in total. The molecule has 0 aromatic heterocycles. The van der Waals surface area contributed by atoms with Crippen molar-refractivity contribution >= 4 is 17.6 Å². The maximum atomic E-state index is 5.57. The lowest BCUT2D eigenvalue weighted by Gasteiger charge is -2.35. The molecule has 1 aliphatic rings. The summed E-state index contributed by atoms with van der Waals surface area (Å²) in [5, 5.41) is 1.90. The van der Waals surface area contributed by atoms with Gasteiger partial charge in [-0.15, -0.1) is 0 Å². The molecular formula is C16H33N3O2S. The van der Waals surface area contributed by atoms with Crippen molar-refractivity contribution in [3.8, 4) is 0 Å². The molecule has 0 bridgehead atoms. The van der Waals surface area contributed by atoms with Gasteiger partial charge < -0.3 is 14.4 Å². The largest absolute Gasteiger partial charge is 0.382 e. The standard InChI is InChI=1S/C16H33N3O2S/c1-4-19(11-10-18-8-6-17(2)7-9-18)16(15-22)5-12-21-14-13-20-3/h15-16H,4-14H2,1-3H3. The van der Waals surface area contributed by atoms with E-state index in [0.717, 1.165) is 32.7 Å². The van der Waals surface area contributed by atoms with Crippen molar-refractivity contribution in [3.05, 3.63) is 0 Å². The molecule has 0 amide bonds. The third-order valence-corrected chi connectivity index (χ3v) is 4.64. The van der Waals surface area contributed by atoms with Gasteiger partial charge in [0.1, 0.15) is 0 Å². The summed E-state index contributed by atoms with van der Waals surface area (Å²) in [5.74, 6) is 0. The number of likely N-dealkylation sites (N-methyl/N-ethyl adjacent to an activating group) is 2. The van der Waals surface area contributed by atoms with Crippen LogP contribution in [-0.4, -0.2) is 106 Å². The Morgan fingerprint density at radius 2 is 1.91 bits per heavy atom. The summed E-state index contributed by atoms with van der Waals surface area (Å²) < 4.78 is 10.6. The number of thiocarbonyl (C=S) groups is 1. The highest BCUT2D eigenvalue weighted by atomic mass is 32.1. The summed E-state index contributed by atoms with van der Waals surface area (Å²) in [4.78, 5) is 7.41. The van der Waals surface area contributed by atoms with Gasteiger partial charge in [-0.1, -0.05) is 19.1 Å². The van der Waals surface area contributed by atoms with Crippen molar-refractivity contribution in [3.63, 3.8) is 0 Å². The number of hydrogen-bond acceptors (Lipinski definition) is 6. The predicted octanol–water partition coefficient (Wildman–Crippen LogP) is 0.977. The molecule has 1 heterocycles. The zero-order chi connectivity index (χ0) is 16.2. The lowest BCUT2D eigenvalue weighted by atomic mass is 10.2. The molecular weight excluding hydrogens is 298 g/mol. The first kappa shape index (κ1) is 19.9. The Morgan fingerprint density at radius 3 is 2.50 bits per heavy atom. The lowest BCUT2D eigenvalue weighted by molar-refractivity contribution is 0.0607. The molecule has 22 heavy (non-hydrogen) atoms. The third kappa shape index (κ3) is 7.94. The highest BCUT2D eigenvalue weighted by molar-refractivity contribution is 7.79. The molecule has 1 aliphatic heterocycles. The molecule has 0 saturated carbocycles. The molecule has 130 valence electrons. The molecule has 1 rings (SSSR count). The van der Waals surface area contributed by atoms with Crippen LogP contribution in [0.3, 0.4) is 0 Å². The van der Waals surface area contributed by atoms with Gasteiger partial charge in [0.25, 0.3) is 0 Å². The van der Waals surface area contributed by atoms with Gasteiger partial charge in [0.05, 0.1) is 13.2 Å². The van der Waals surface area contributed by atoms with Gasteiger partial charge in [-0.3, -0.25) is 9.80 Å². The fraction of sp³-hybridized carbons (Fsp3) is 0.938. The molecule has 1 fully saturated rings. The number of ether oxygens (including phenoxy) is 2. The smallest absolute Gasteiger partial charge is 0.0700 e. The zero-order valence-corrected chi connectivity index (χ0v) is 15.3. The minimum atomic E-state index is 0.329. The summed E-state index contributed by atoms with van der Waals surface area (Å²) in [6.45, 7) is 12.2. The molecule has 1 saturated heterocycles. The zero-order valence-electron chi connectivity index (χ0n) is 14.5. The number of methoxy groups -OCH3 is 1. The van der Waals surface area contributed by atoms with E-state index in [1.165, 1.54) is 26.2 Å². The van der Waals surface area contributed by atoms with Gasteiger partial charge in [0.2, 0.25) is 0 Å². The highest BCUT2D eigenvalue weighted by Crippen LogP contribution is 2.05. The van der Waals surface area contributed by atoms with Crippen LogP contribution in [0, 0.1) is 0 Å². The van der Waals surface area contributed by atoms with Gasteiger partial charge >= 0.3 is 0 Å². The summed E-state index contributed by atoms with van der Waals surface area (Å²) in [5.41, 5.74) is 0. The molecule has 1 atom stereocenters. The maximum absolute atomic E-state index is 5.57. The van der Waals surface area contributed by atoms with E-state index in [2.05, 4.69) is 28.7 Å². The van der Waals surface area contributed by atoms with E-state index in [9.17, 15) is 0 Å². The Hall–Kier alpha value is -0.110. The van der Waals surface area contributed by atoms with Crippen LogP contribution in [0.4, 0.5) is 0 Å². The van der Waals surface area contributed by atoms with E-state index >= 15 is 0 Å². The van der Waals surface area contributed by atoms with Crippen molar-refractivity contribution in [2.45, 2.75) is 19.4 Å². The van der Waals surface area contributed by atoms with Crippen molar-refractivity contribution in [2.24, 2.45) is 0 Å². The van der Waals surface area contributed by atoms with Crippen LogP contribution >= 0.6 is 12.2 Å². The van der Waals surface area contributed by atoms with Crippen LogP contribution in [0.2, 0.25) is 0 Å². The quantitative estimate of drug-likeness (QED) is 0.391. The predicted molar refractivity (Wildman–Crippen MR) is 95.9 cm³/mol. The van der Waals surface area contributed by atoms with E-state index < -0.39 is 0 Å². The number of piperazine rings is 1. The first-order valence-corrected chi connectivity index (χ1v) is 8.85. The molecule has 0 aliphatic carbocycles. The van der Waals surface area contributed by atoms with Crippen molar-refractivity contribution in [1.29, 1.82) is 0 Å². The van der Waals surface area contributed by atoms with E-state index in [1.54, 1.807) is 7.11 Å². The number of nitrogens with zero attached hydrogens (tertiary/aromatic N) is 3. The minimum Gasteiger partial charge on any atom is -0.382 e. The highest BCUT2D eigenvalue weighted by Gasteiger charge is 2.18. The second-order valence-electron chi connectivity index (χ2n) is 5.87. The van der Waals surface area contributed by atoms with Gasteiger partial charge in [-0.2, -0.15) is 0 Å². The van der Waals surface area contributed by atoms with Gasteiger partial charge in [0.15, 0.2) is 0 Å². The van der Waals surface area contributed by atoms with Gasteiger partial charge in [-0.25, -0.2) is 0 Å². The van der Waals surface area contributed by atoms with E-state index in [-0.39, 0.29) is 0 Å². The monoisotopic (exact) mass is 331 g/mol. The van der Waals surface area contributed by atoms with Crippen LogP contribution in [0.25, 0.3) is 0 Å². The Bertz CT molecular complexity index is 287. The first-order chi connectivity index (χ1) is 10.7. The first-order valence-electron chi connectivity index (χ1n) is 8.38. The van der Waals surface area contributed by atoms with Crippen molar-refractivity contribution < 1.29 is 9.47 Å². The average molecular weight is 332 g/mol. The molecule has 1 unspecified atom stereocenters. The van der Waals surface area contributed by atoms with Crippen molar-refractivity contribution in [1.82, 2.24) is 14.7 Å². The Balaban J connectivity index is 2.25. The molecule has 6 heteroatoms. The normalized spacial score (nSPS) is 18.7. The summed E-state index contributed by atoms with van der Waals surface area (Å²) in [7, 11) is 3.89. The van der Waals surface area contributed by atoms with Crippen LogP contribution < -0.4 is 0 Å². The molecule has 0 radical (unpaired) electrons. The summed E-state index contributed by atoms with van der Waals surface area (Å²) in [6.07, 6.45) is 0.962. The van der Waals surface area contributed by atoms with Crippen LogP contribution in [-0.2, 0) is 9.47 Å². The van der Waals surface area contributed by atoms with Crippen LogP contribution in [0.15, 0.2) is 0 Å². The van der Waals surface area contributed by atoms with Gasteiger partial charge in [-0.05, 0) is 25.4 Å². The number of hydrogen-bond donors (Lipinski definition) is 0. The topological polar surface area (TPSA) is 28.2 Å². The average Bonchev–Trinajstić information content (AvgIpc) is 2.54. The van der Waals surface area contributed by atoms with Gasteiger partial charge in [0, 0.05) is 59.0 Å². The van der Waals surface area contributed by atoms with E-state index in [0.29, 0.717) is 19.3 Å². The molecule has 0 aromatic rings. The van der Waals surface area contributed by atoms with Crippen LogP contribution in [0.1, 0.15) is 13.3 Å². The second kappa shape index (κ2) is 12.3. The maximum Gasteiger partial charge on any atom is 0.0700 e. The van der Waals surface area contributed by atoms with Crippen LogP contribution in [0.5, 0.6) is 0 Å². The Labute approximate surface area is 141 Å². The second-order valence-corrected chi connectivity index (χ2v) is 6.14. The molecule has 0 aromatic carbocycles. The Morgan fingerprint density at radius 1 is 1.18 bits per heavy atom. The summed E-state index contributed by atoms with van der Waals surface area (Å²) >= 11 is 5.24. The van der Waals surface area contributed by atoms with E-state index in [4.69, 9.17) is 21.7 Å².